The lowest BCUT2D eigenvalue weighted by Crippen LogP contribution is -2.23. The van der Waals surface area contributed by atoms with Crippen molar-refractivity contribution in [1.29, 1.82) is 5.41 Å². The molecule has 0 saturated heterocycles. The van der Waals surface area contributed by atoms with Gasteiger partial charge >= 0.3 is 0 Å². The average molecular weight is 184 g/mol. The molecule has 3 N–H and O–H groups in total. The molecule has 0 saturated carbocycles. The predicted molar refractivity (Wildman–Crippen MR) is 61.3 cm³/mol. The Balaban J connectivity index is 0. The van der Waals surface area contributed by atoms with Gasteiger partial charge in [0, 0.05) is 11.1 Å². The summed E-state index contributed by atoms with van der Waals surface area (Å²) in [5.41, 5.74) is 5.14. The minimum absolute atomic E-state index is 0.00405. The highest BCUT2D eigenvalue weighted by molar-refractivity contribution is 5.96. The third-order valence-electron chi connectivity index (χ3n) is 1.85. The molecule has 0 aliphatic heterocycles. The van der Waals surface area contributed by atoms with Gasteiger partial charge in [-0.05, 0) is 25.5 Å². The van der Waals surface area contributed by atoms with Gasteiger partial charge in [0.1, 0.15) is 0 Å². The first kappa shape index (κ1) is 14.9. The Hall–Kier alpha value is -0.630. The van der Waals surface area contributed by atoms with Crippen LogP contribution in [0.3, 0.4) is 0 Å². The van der Waals surface area contributed by atoms with Crippen LogP contribution in [-0.4, -0.2) is 12.8 Å². The van der Waals surface area contributed by atoms with E-state index in [1.165, 1.54) is 7.05 Å². The van der Waals surface area contributed by atoms with Crippen molar-refractivity contribution in [3.8, 4) is 0 Å². The maximum Gasteiger partial charge on any atom is 0.0364 e. The molecule has 0 spiro atoms. The highest BCUT2D eigenvalue weighted by Gasteiger charge is 2.22. The minimum Gasteiger partial charge on any atom is -0.333 e. The molecule has 0 aromatic carbocycles. The van der Waals surface area contributed by atoms with Crippen molar-refractivity contribution < 1.29 is 0 Å². The smallest absolute Gasteiger partial charge is 0.0364 e. The predicted octanol–water partition coefficient (Wildman–Crippen LogP) is 2.84. The van der Waals surface area contributed by atoms with Gasteiger partial charge in [0.2, 0.25) is 0 Å². The quantitative estimate of drug-likeness (QED) is 0.648. The monoisotopic (exact) mass is 184 g/mol. The van der Waals surface area contributed by atoms with Gasteiger partial charge in [0.15, 0.2) is 0 Å². The first-order valence-corrected chi connectivity index (χ1v) is 4.69. The molecule has 2 nitrogen and oxygen atoms in total. The van der Waals surface area contributed by atoms with E-state index in [4.69, 9.17) is 5.41 Å². The zero-order valence-corrected chi connectivity index (χ0v) is 9.65. The van der Waals surface area contributed by atoms with Gasteiger partial charge in [-0.25, -0.2) is 0 Å². The van der Waals surface area contributed by atoms with Crippen molar-refractivity contribution in [3.05, 3.63) is 12.7 Å². The summed E-state index contributed by atoms with van der Waals surface area (Å²) in [5, 5.41) is 7.62. The van der Waals surface area contributed by atoms with E-state index in [1.54, 1.807) is 6.08 Å². The number of nitrogens with one attached hydrogen (secondary N) is 1. The largest absolute Gasteiger partial charge is 0.333 e. The first-order valence-electron chi connectivity index (χ1n) is 4.69. The van der Waals surface area contributed by atoms with Gasteiger partial charge in [-0.15, -0.1) is 0 Å². The van der Waals surface area contributed by atoms with Crippen molar-refractivity contribution >= 4 is 5.71 Å². The molecule has 0 atom stereocenters. The SMILES string of the molecule is C=CC(=N)C(C)(C)CC(C)C.CN. The van der Waals surface area contributed by atoms with E-state index >= 15 is 0 Å². The number of hydrogen-bond acceptors (Lipinski definition) is 2. The van der Waals surface area contributed by atoms with Crippen LogP contribution in [0.1, 0.15) is 34.1 Å². The molecular formula is C11H24N2. The van der Waals surface area contributed by atoms with Crippen LogP contribution < -0.4 is 5.73 Å². The lowest BCUT2D eigenvalue weighted by atomic mass is 9.80. The molecule has 13 heavy (non-hydrogen) atoms. The van der Waals surface area contributed by atoms with Gasteiger partial charge in [0.25, 0.3) is 0 Å². The molecule has 0 aliphatic rings. The van der Waals surface area contributed by atoms with E-state index in [0.29, 0.717) is 11.6 Å². The van der Waals surface area contributed by atoms with Crippen LogP contribution in [0.2, 0.25) is 0 Å². The summed E-state index contributed by atoms with van der Waals surface area (Å²) in [6, 6.07) is 0. The Morgan fingerprint density at radius 2 is 1.85 bits per heavy atom. The number of allylic oxidation sites excluding steroid dienone is 1. The van der Waals surface area contributed by atoms with Crippen LogP contribution in [0.5, 0.6) is 0 Å². The molecule has 0 aromatic heterocycles. The van der Waals surface area contributed by atoms with Crippen molar-refractivity contribution in [2.24, 2.45) is 17.1 Å². The molecule has 0 radical (unpaired) electrons. The lowest BCUT2D eigenvalue weighted by molar-refractivity contribution is 0.394. The molecule has 78 valence electrons. The van der Waals surface area contributed by atoms with Crippen molar-refractivity contribution in [2.75, 3.05) is 7.05 Å². The Bertz CT molecular complexity index is 157. The van der Waals surface area contributed by atoms with Crippen molar-refractivity contribution in [3.63, 3.8) is 0 Å². The maximum atomic E-state index is 7.62. The van der Waals surface area contributed by atoms with Crippen molar-refractivity contribution in [2.45, 2.75) is 34.1 Å². The van der Waals surface area contributed by atoms with E-state index in [9.17, 15) is 0 Å². The molecular weight excluding hydrogens is 160 g/mol. The first-order chi connectivity index (χ1) is 5.90. The van der Waals surface area contributed by atoms with Crippen LogP contribution in [0.4, 0.5) is 0 Å². The zero-order chi connectivity index (χ0) is 11.1. The number of nitrogens with two attached hydrogens (primary N) is 1. The molecule has 0 fully saturated rings. The fourth-order valence-corrected chi connectivity index (χ4v) is 1.41. The number of hydrogen-bond donors (Lipinski definition) is 2. The molecule has 0 rings (SSSR count). The van der Waals surface area contributed by atoms with Crippen LogP contribution in [0, 0.1) is 16.7 Å². The molecule has 0 aliphatic carbocycles. The van der Waals surface area contributed by atoms with E-state index < -0.39 is 0 Å². The Morgan fingerprint density at radius 1 is 1.46 bits per heavy atom. The second kappa shape index (κ2) is 6.84. The van der Waals surface area contributed by atoms with Gasteiger partial charge in [-0.3, -0.25) is 0 Å². The normalized spacial score (nSPS) is 10.4. The van der Waals surface area contributed by atoms with Gasteiger partial charge in [-0.1, -0.05) is 34.3 Å². The molecule has 0 heterocycles. The highest BCUT2D eigenvalue weighted by Crippen LogP contribution is 2.26. The maximum absolute atomic E-state index is 7.62. The second-order valence-electron chi connectivity index (χ2n) is 4.10. The van der Waals surface area contributed by atoms with Crippen molar-refractivity contribution in [1.82, 2.24) is 0 Å². The summed E-state index contributed by atoms with van der Waals surface area (Å²) in [6.45, 7) is 12.2. The average Bonchev–Trinajstić information content (AvgIpc) is 2.04. The van der Waals surface area contributed by atoms with Crippen LogP contribution >= 0.6 is 0 Å². The summed E-state index contributed by atoms with van der Waals surface area (Å²) in [4.78, 5) is 0. The fourth-order valence-electron chi connectivity index (χ4n) is 1.41. The Morgan fingerprint density at radius 3 is 2.08 bits per heavy atom. The molecule has 0 unspecified atom stereocenters. The Labute approximate surface area is 82.7 Å². The number of rotatable bonds is 4. The van der Waals surface area contributed by atoms with Gasteiger partial charge < -0.3 is 11.1 Å². The summed E-state index contributed by atoms with van der Waals surface area (Å²) in [5.74, 6) is 0.644. The summed E-state index contributed by atoms with van der Waals surface area (Å²) in [7, 11) is 1.50. The third kappa shape index (κ3) is 6.52. The molecule has 0 amide bonds. The lowest BCUT2D eigenvalue weighted by Gasteiger charge is -2.25. The molecule has 0 aromatic rings. The minimum atomic E-state index is -0.00405. The zero-order valence-electron chi connectivity index (χ0n) is 9.65. The highest BCUT2D eigenvalue weighted by atomic mass is 14.5. The molecule has 0 bridgehead atoms. The fraction of sp³-hybridized carbons (Fsp3) is 0.727. The summed E-state index contributed by atoms with van der Waals surface area (Å²) >= 11 is 0. The van der Waals surface area contributed by atoms with Crippen LogP contribution in [0.15, 0.2) is 12.7 Å². The third-order valence-corrected chi connectivity index (χ3v) is 1.85. The van der Waals surface area contributed by atoms with Crippen LogP contribution in [0.25, 0.3) is 0 Å². The van der Waals surface area contributed by atoms with E-state index in [2.05, 4.69) is 40.0 Å². The second-order valence-corrected chi connectivity index (χ2v) is 4.10. The molecule has 2 heteroatoms. The summed E-state index contributed by atoms with van der Waals surface area (Å²) < 4.78 is 0. The summed E-state index contributed by atoms with van der Waals surface area (Å²) in [6.07, 6.45) is 2.69. The standard InChI is InChI=1S/C10H19N.CH5N/c1-6-9(11)10(4,5)7-8(2)3;1-2/h6,8,11H,1,7H2,2-5H3;2H2,1H3. The van der Waals surface area contributed by atoms with E-state index in [-0.39, 0.29) is 5.41 Å². The topological polar surface area (TPSA) is 49.9 Å². The van der Waals surface area contributed by atoms with E-state index in [1.807, 2.05) is 0 Å². The van der Waals surface area contributed by atoms with Gasteiger partial charge in [0.05, 0.1) is 0 Å². The van der Waals surface area contributed by atoms with E-state index in [0.717, 1.165) is 6.42 Å². The van der Waals surface area contributed by atoms with Crippen LogP contribution in [-0.2, 0) is 0 Å². The Kier molecular flexibility index (Phi) is 7.82. The van der Waals surface area contributed by atoms with Gasteiger partial charge in [-0.2, -0.15) is 0 Å².